The van der Waals surface area contributed by atoms with Crippen LogP contribution in [0.25, 0.3) is 0 Å². The minimum atomic E-state index is -2.44. The van der Waals surface area contributed by atoms with Crippen LogP contribution in [0.4, 0.5) is 0 Å². The number of carbonyl (C=O) groups excluding carboxylic acids is 4. The molecule has 3 aromatic rings. The number of allylic oxidation sites excluding steroid dienone is 2. The zero-order chi connectivity index (χ0) is 40.7. The predicted octanol–water partition coefficient (Wildman–Crippen LogP) is 6.85. The van der Waals surface area contributed by atoms with E-state index in [-0.39, 0.29) is 73.2 Å². The molecular weight excluding hydrogens is 768 g/mol. The molecule has 54 heavy (non-hydrogen) atoms. The number of ether oxygens (including phenoxy) is 5. The fourth-order valence-electron chi connectivity index (χ4n) is 6.31. The van der Waals surface area contributed by atoms with Gasteiger partial charge in [0, 0.05) is 11.6 Å². The van der Waals surface area contributed by atoms with E-state index in [1.165, 1.54) is 33.9 Å². The van der Waals surface area contributed by atoms with E-state index in [4.69, 9.17) is 23.7 Å². The number of halogens is 1. The zero-order valence-corrected chi connectivity index (χ0v) is 33.3. The molecule has 14 heteroatoms. The Kier molecular flexibility index (Phi) is 11.8. The predicted molar refractivity (Wildman–Crippen MR) is 199 cm³/mol. The maximum absolute atomic E-state index is 13.7. The van der Waals surface area contributed by atoms with Crippen molar-refractivity contribution < 1.29 is 63.0 Å². The molecule has 1 aliphatic rings. The Morgan fingerprint density at radius 2 is 1.28 bits per heavy atom. The van der Waals surface area contributed by atoms with Gasteiger partial charge >= 0.3 is 23.9 Å². The van der Waals surface area contributed by atoms with Crippen molar-refractivity contribution in [3.05, 3.63) is 95.2 Å². The Morgan fingerprint density at radius 3 is 1.85 bits per heavy atom. The van der Waals surface area contributed by atoms with Crippen LogP contribution in [0.3, 0.4) is 0 Å². The maximum Gasteiger partial charge on any atom is 0.356 e. The topological polar surface area (TPSA) is 192 Å². The van der Waals surface area contributed by atoms with E-state index in [2.05, 4.69) is 15.9 Å². The van der Waals surface area contributed by atoms with Crippen molar-refractivity contribution in [2.45, 2.75) is 74.8 Å². The number of esters is 3. The molecule has 0 amide bonds. The van der Waals surface area contributed by atoms with Crippen molar-refractivity contribution >= 4 is 45.6 Å². The molecular formula is C40H41BrO13. The second-order valence-electron chi connectivity index (χ2n) is 12.9. The molecule has 0 saturated heterocycles. The van der Waals surface area contributed by atoms with Gasteiger partial charge in [0.1, 0.15) is 44.4 Å². The average Bonchev–Trinajstić information content (AvgIpc) is 3.10. The number of aryl methyl sites for hydroxylation is 1. The van der Waals surface area contributed by atoms with Gasteiger partial charge in [-0.3, -0.25) is 4.79 Å². The highest BCUT2D eigenvalue weighted by atomic mass is 79.9. The van der Waals surface area contributed by atoms with E-state index >= 15 is 0 Å². The van der Waals surface area contributed by atoms with Gasteiger partial charge in [0.25, 0.3) is 0 Å². The molecule has 0 spiro atoms. The summed E-state index contributed by atoms with van der Waals surface area (Å²) in [6, 6.07) is 1.48. The first-order valence-electron chi connectivity index (χ1n) is 16.6. The summed E-state index contributed by atoms with van der Waals surface area (Å²) in [7, 11) is 1.18. The summed E-state index contributed by atoms with van der Waals surface area (Å²) in [5.74, 6) is -5.34. The molecule has 3 aromatic carbocycles. The van der Waals surface area contributed by atoms with E-state index < -0.39 is 41.0 Å². The second-order valence-corrected chi connectivity index (χ2v) is 13.7. The van der Waals surface area contributed by atoms with Gasteiger partial charge in [-0.1, -0.05) is 0 Å². The number of carboxylic acids is 1. The van der Waals surface area contributed by atoms with Crippen LogP contribution in [0.2, 0.25) is 0 Å². The van der Waals surface area contributed by atoms with Crippen molar-refractivity contribution in [3.63, 3.8) is 0 Å². The van der Waals surface area contributed by atoms with Gasteiger partial charge in [-0.05, 0) is 142 Å². The lowest BCUT2D eigenvalue weighted by Gasteiger charge is -2.30. The standard InChI is InChI=1S/C40H41BrO13/c1-12-51-34-24(10)33(22(8)21(7)30(34)36(44)45)53-37(46)28-16(2)13-26(18(4)19(28)5)52-38(47)29-20(6)23(9)35(31(41)32(29)43)54-39(48)40(49)17(3)14-25(42)15-27(40)50-11/h13-15,43,49H,12H2,1-11H3,(H,44,45)/t40-/m1/s1. The number of aromatic carboxylic acids is 1. The normalized spacial score (nSPS) is 15.2. The third-order valence-electron chi connectivity index (χ3n) is 9.74. The lowest BCUT2D eigenvalue weighted by Crippen LogP contribution is -2.47. The Morgan fingerprint density at radius 1 is 0.722 bits per heavy atom. The van der Waals surface area contributed by atoms with Crippen LogP contribution >= 0.6 is 15.9 Å². The molecule has 1 atom stereocenters. The number of hydrogen-bond acceptors (Lipinski definition) is 12. The third kappa shape index (κ3) is 6.98. The number of rotatable bonds is 10. The number of hydrogen-bond donors (Lipinski definition) is 3. The lowest BCUT2D eigenvalue weighted by atomic mass is 9.87. The number of phenols is 1. The smallest absolute Gasteiger partial charge is 0.356 e. The molecule has 0 radical (unpaired) electrons. The van der Waals surface area contributed by atoms with Crippen molar-refractivity contribution in [2.75, 3.05) is 13.7 Å². The van der Waals surface area contributed by atoms with Crippen molar-refractivity contribution in [3.8, 4) is 28.7 Å². The molecule has 0 heterocycles. The SMILES string of the molecule is CCOc1c(C)c(OC(=O)c2c(C)cc(OC(=O)c3c(C)c(C)c(OC(=O)[C@@]4(O)C(C)=CC(=O)C=C4OC)c(Br)c3O)c(C)c2C)c(C)c(C)c1C(=O)O. The van der Waals surface area contributed by atoms with Gasteiger partial charge in [-0.15, -0.1) is 0 Å². The summed E-state index contributed by atoms with van der Waals surface area (Å²) < 4.78 is 27.8. The third-order valence-corrected chi connectivity index (χ3v) is 10.5. The van der Waals surface area contributed by atoms with Gasteiger partial charge in [-0.25, -0.2) is 19.2 Å². The number of aromatic hydroxyl groups is 1. The Labute approximate surface area is 320 Å². The summed E-state index contributed by atoms with van der Waals surface area (Å²) in [5.41, 5.74) is 0.371. The van der Waals surface area contributed by atoms with Gasteiger partial charge in [-0.2, -0.15) is 0 Å². The fraction of sp³-hybridized carbons (Fsp3) is 0.325. The number of phenolic OH excluding ortho intramolecular Hbond substituents is 1. The van der Waals surface area contributed by atoms with Crippen molar-refractivity contribution in [1.82, 2.24) is 0 Å². The van der Waals surface area contributed by atoms with E-state index in [1.807, 2.05) is 0 Å². The molecule has 1 aliphatic carbocycles. The van der Waals surface area contributed by atoms with Crippen LogP contribution in [0.1, 0.15) is 89.4 Å². The van der Waals surface area contributed by atoms with E-state index in [1.54, 1.807) is 48.5 Å². The minimum Gasteiger partial charge on any atom is -0.506 e. The Hall–Kier alpha value is -5.47. The molecule has 0 aliphatic heterocycles. The highest BCUT2D eigenvalue weighted by Crippen LogP contribution is 2.44. The van der Waals surface area contributed by atoms with Crippen LogP contribution in [0.15, 0.2) is 34.0 Å². The first-order valence-corrected chi connectivity index (χ1v) is 17.4. The highest BCUT2D eigenvalue weighted by molar-refractivity contribution is 9.10. The molecule has 0 unspecified atom stereocenters. The van der Waals surface area contributed by atoms with Crippen molar-refractivity contribution in [1.29, 1.82) is 0 Å². The Bertz CT molecular complexity index is 2200. The van der Waals surface area contributed by atoms with Gasteiger partial charge in [0.15, 0.2) is 11.5 Å². The summed E-state index contributed by atoms with van der Waals surface area (Å²) in [6.07, 6.45) is 2.03. The summed E-state index contributed by atoms with van der Waals surface area (Å²) >= 11 is 3.21. The van der Waals surface area contributed by atoms with Crippen LogP contribution in [0, 0.1) is 55.4 Å². The molecule has 0 aromatic heterocycles. The molecule has 286 valence electrons. The summed E-state index contributed by atoms with van der Waals surface area (Å²) in [5, 5.41) is 32.3. The number of methoxy groups -OCH3 is 1. The monoisotopic (exact) mass is 808 g/mol. The van der Waals surface area contributed by atoms with Crippen LogP contribution in [-0.4, -0.2) is 64.3 Å². The number of benzene rings is 3. The van der Waals surface area contributed by atoms with Gasteiger partial charge < -0.3 is 39.0 Å². The summed E-state index contributed by atoms with van der Waals surface area (Å²) in [4.78, 5) is 64.8. The Balaban J connectivity index is 1.67. The first kappa shape index (κ1) is 41.3. The summed E-state index contributed by atoms with van der Waals surface area (Å²) in [6.45, 7) is 16.1. The van der Waals surface area contributed by atoms with Gasteiger partial charge in [0.2, 0.25) is 5.60 Å². The molecule has 3 N–H and O–H groups in total. The average molecular weight is 810 g/mol. The molecule has 13 nitrogen and oxygen atoms in total. The minimum absolute atomic E-state index is 0.0116. The van der Waals surface area contributed by atoms with Crippen molar-refractivity contribution in [2.24, 2.45) is 0 Å². The van der Waals surface area contributed by atoms with Gasteiger partial charge in [0.05, 0.1) is 19.3 Å². The van der Waals surface area contributed by atoms with E-state index in [0.29, 0.717) is 33.4 Å². The lowest BCUT2D eigenvalue weighted by molar-refractivity contribution is -0.151. The fourth-order valence-corrected chi connectivity index (χ4v) is 6.88. The maximum atomic E-state index is 13.7. The number of aliphatic hydroxyl groups is 1. The van der Waals surface area contributed by atoms with Crippen LogP contribution < -0.4 is 18.9 Å². The largest absolute Gasteiger partial charge is 0.506 e. The highest BCUT2D eigenvalue weighted by Gasteiger charge is 2.48. The second kappa shape index (κ2) is 15.5. The number of carbonyl (C=O) groups is 5. The van der Waals surface area contributed by atoms with E-state index in [0.717, 1.165) is 12.2 Å². The molecule has 4 rings (SSSR count). The van der Waals surface area contributed by atoms with E-state index in [9.17, 15) is 39.3 Å². The van der Waals surface area contributed by atoms with Crippen LogP contribution in [0.5, 0.6) is 28.7 Å². The van der Waals surface area contributed by atoms with Crippen LogP contribution in [-0.2, 0) is 14.3 Å². The quantitative estimate of drug-likeness (QED) is 0.142. The zero-order valence-electron chi connectivity index (χ0n) is 31.7. The molecule has 0 saturated carbocycles. The molecule has 0 fully saturated rings. The molecule has 0 bridgehead atoms. The first-order chi connectivity index (χ1) is 25.1. The number of ketones is 1. The number of carboxylic acid groups (broad SMARTS) is 1.